The largest absolute Gasteiger partial charge is 0.503 e. The van der Waals surface area contributed by atoms with E-state index < -0.39 is 40.9 Å². The van der Waals surface area contributed by atoms with E-state index >= 15 is 0 Å². The maximum atomic E-state index is 14.9. The normalized spacial score (nSPS) is 12.2. The molecule has 0 aliphatic heterocycles. The third kappa shape index (κ3) is 3.52. The Morgan fingerprint density at radius 2 is 1.90 bits per heavy atom. The summed E-state index contributed by atoms with van der Waals surface area (Å²) in [5.74, 6) is -6.81. The molecule has 9 heteroatoms. The van der Waals surface area contributed by atoms with E-state index in [0.29, 0.717) is 0 Å². The Labute approximate surface area is 169 Å². The van der Waals surface area contributed by atoms with Crippen LogP contribution in [0.15, 0.2) is 30.3 Å². The summed E-state index contributed by atoms with van der Waals surface area (Å²) in [7, 11) is 0. The van der Waals surface area contributed by atoms with Gasteiger partial charge in [-0.05, 0) is 37.6 Å². The fraction of sp³-hybridized carbons (Fsp3) is 0.238. The number of hydrogen-bond donors (Lipinski definition) is 3. The van der Waals surface area contributed by atoms with Crippen molar-refractivity contribution in [3.8, 4) is 5.75 Å². The number of aromatic nitrogens is 1. The van der Waals surface area contributed by atoms with Crippen LogP contribution in [0.25, 0.3) is 10.9 Å². The molecule has 158 valence electrons. The van der Waals surface area contributed by atoms with Gasteiger partial charge in [0.15, 0.2) is 17.4 Å². The fourth-order valence-corrected chi connectivity index (χ4v) is 3.52. The minimum atomic E-state index is -1.31. The third-order valence-electron chi connectivity index (χ3n) is 4.92. The van der Waals surface area contributed by atoms with E-state index in [1.54, 1.807) is 0 Å². The molecule has 0 radical (unpaired) electrons. The zero-order valence-corrected chi connectivity index (χ0v) is 16.2. The molecule has 0 bridgehead atoms. The Hall–Kier alpha value is -3.33. The third-order valence-corrected chi connectivity index (χ3v) is 4.92. The van der Waals surface area contributed by atoms with Crippen LogP contribution in [-0.2, 0) is 4.79 Å². The van der Waals surface area contributed by atoms with Crippen LogP contribution in [0.4, 0.5) is 13.2 Å². The summed E-state index contributed by atoms with van der Waals surface area (Å²) in [5, 5.41) is 20.8. The van der Waals surface area contributed by atoms with E-state index in [4.69, 9.17) is 5.11 Å². The topological polar surface area (TPSA) is 91.6 Å². The molecular weight excluding hydrogens is 401 g/mol. The number of hydrogen-bond acceptors (Lipinski definition) is 4. The van der Waals surface area contributed by atoms with Crippen LogP contribution in [-0.4, -0.2) is 39.7 Å². The number of fused-ring (bicyclic) bond motifs is 1. The summed E-state index contributed by atoms with van der Waals surface area (Å²) >= 11 is 0. The number of nitrogens with zero attached hydrogens (tertiary/aromatic N) is 1. The van der Waals surface area contributed by atoms with Gasteiger partial charge in [-0.3, -0.25) is 14.2 Å². The highest BCUT2D eigenvalue weighted by Gasteiger charge is 2.30. The minimum Gasteiger partial charge on any atom is -0.503 e. The number of aromatic hydroxyl groups is 1. The van der Waals surface area contributed by atoms with Gasteiger partial charge in [0.2, 0.25) is 5.91 Å². The van der Waals surface area contributed by atoms with Crippen LogP contribution >= 0.6 is 0 Å². The molecule has 0 saturated carbocycles. The zero-order valence-electron chi connectivity index (χ0n) is 16.2. The van der Waals surface area contributed by atoms with Crippen LogP contribution in [0.5, 0.6) is 5.75 Å². The summed E-state index contributed by atoms with van der Waals surface area (Å²) in [5.41, 5.74) is -0.0630. The molecule has 2 aromatic carbocycles. The number of halogens is 3. The number of phenolic OH excluding ortho intramolecular Hbond substituents is 1. The predicted octanol–water partition coefficient (Wildman–Crippen LogP) is 2.97. The lowest BCUT2D eigenvalue weighted by Gasteiger charge is -2.13. The van der Waals surface area contributed by atoms with Gasteiger partial charge in [0.05, 0.1) is 18.0 Å². The Balaban J connectivity index is 2.30. The molecule has 1 unspecified atom stereocenters. The van der Waals surface area contributed by atoms with E-state index in [1.807, 2.05) is 0 Å². The van der Waals surface area contributed by atoms with Crippen molar-refractivity contribution in [2.75, 3.05) is 13.2 Å². The van der Waals surface area contributed by atoms with Gasteiger partial charge >= 0.3 is 0 Å². The smallest absolute Gasteiger partial charge is 0.262 e. The van der Waals surface area contributed by atoms with Crippen molar-refractivity contribution in [2.45, 2.75) is 19.8 Å². The molecule has 3 N–H and O–H groups in total. The first-order chi connectivity index (χ1) is 14.2. The summed E-state index contributed by atoms with van der Waals surface area (Å²) in [4.78, 5) is 25.5. The van der Waals surface area contributed by atoms with Crippen molar-refractivity contribution in [1.82, 2.24) is 9.88 Å². The Morgan fingerprint density at radius 3 is 2.53 bits per heavy atom. The van der Waals surface area contributed by atoms with Gasteiger partial charge in [-0.15, -0.1) is 0 Å². The second kappa shape index (κ2) is 8.19. The lowest BCUT2D eigenvalue weighted by Crippen LogP contribution is -2.30. The van der Waals surface area contributed by atoms with Crippen LogP contribution < -0.4 is 5.32 Å². The highest BCUT2D eigenvalue weighted by Crippen LogP contribution is 2.38. The quantitative estimate of drug-likeness (QED) is 0.592. The maximum Gasteiger partial charge on any atom is 0.262 e. The van der Waals surface area contributed by atoms with Gasteiger partial charge in [0.1, 0.15) is 5.82 Å². The first-order valence-corrected chi connectivity index (χ1v) is 9.09. The number of aliphatic hydroxyl groups is 1. The standard InChI is InChI=1S/C21H19F3N2O4/c1-10(20(29)25-6-7-27)16-11(2)26(21(30)12-4-3-5-13(22)8-12)15-9-14(23)19(28)18(24)17(15)16/h3-5,8-10,27-28H,6-7H2,1-2H3,(H,25,29). The number of rotatable bonds is 5. The molecule has 1 atom stereocenters. The van der Waals surface area contributed by atoms with Crippen molar-refractivity contribution < 1.29 is 33.0 Å². The van der Waals surface area contributed by atoms with E-state index in [0.717, 1.165) is 22.8 Å². The first-order valence-electron chi connectivity index (χ1n) is 9.09. The molecule has 3 aromatic rings. The van der Waals surface area contributed by atoms with Crippen molar-refractivity contribution in [2.24, 2.45) is 0 Å². The van der Waals surface area contributed by atoms with E-state index in [1.165, 1.54) is 26.0 Å². The second-order valence-electron chi connectivity index (χ2n) is 6.80. The lowest BCUT2D eigenvalue weighted by molar-refractivity contribution is -0.122. The summed E-state index contributed by atoms with van der Waals surface area (Å²) in [6.45, 7) is 2.55. The average molecular weight is 420 g/mol. The van der Waals surface area contributed by atoms with Crippen molar-refractivity contribution in [1.29, 1.82) is 0 Å². The summed E-state index contributed by atoms with van der Waals surface area (Å²) in [6, 6.07) is 5.59. The average Bonchev–Trinajstić information content (AvgIpc) is 3.00. The molecular formula is C21H19F3N2O4. The van der Waals surface area contributed by atoms with E-state index in [2.05, 4.69) is 5.32 Å². The number of nitrogens with one attached hydrogen (secondary N) is 1. The minimum absolute atomic E-state index is 0.0363. The van der Waals surface area contributed by atoms with Gasteiger partial charge < -0.3 is 15.5 Å². The number of carbonyl (C=O) groups is 2. The summed E-state index contributed by atoms with van der Waals surface area (Å²) in [6.07, 6.45) is 0. The Morgan fingerprint density at radius 1 is 1.20 bits per heavy atom. The number of benzene rings is 2. The van der Waals surface area contributed by atoms with Gasteiger partial charge in [-0.2, -0.15) is 0 Å². The fourth-order valence-electron chi connectivity index (χ4n) is 3.52. The molecule has 3 rings (SSSR count). The number of aliphatic hydroxyl groups excluding tert-OH is 1. The SMILES string of the molecule is Cc1c(C(C)C(=O)NCCO)c2c(F)c(O)c(F)cc2n1C(=O)c1cccc(F)c1. The Bertz CT molecular complexity index is 1160. The summed E-state index contributed by atoms with van der Waals surface area (Å²) < 4.78 is 43.6. The molecule has 0 aliphatic rings. The van der Waals surface area contributed by atoms with Gasteiger partial charge in [-0.1, -0.05) is 6.07 Å². The molecule has 0 fully saturated rings. The van der Waals surface area contributed by atoms with Crippen molar-refractivity contribution >= 4 is 22.7 Å². The molecule has 0 aliphatic carbocycles. The van der Waals surface area contributed by atoms with Crippen molar-refractivity contribution in [3.63, 3.8) is 0 Å². The molecule has 1 amide bonds. The Kier molecular flexibility index (Phi) is 5.84. The van der Waals surface area contributed by atoms with E-state index in [-0.39, 0.29) is 40.9 Å². The van der Waals surface area contributed by atoms with E-state index in [9.17, 15) is 27.9 Å². The van der Waals surface area contributed by atoms with Crippen LogP contribution in [0.2, 0.25) is 0 Å². The molecule has 6 nitrogen and oxygen atoms in total. The van der Waals surface area contributed by atoms with Crippen LogP contribution in [0, 0.1) is 24.4 Å². The number of carbonyl (C=O) groups excluding carboxylic acids is 2. The monoisotopic (exact) mass is 420 g/mol. The lowest BCUT2D eigenvalue weighted by atomic mass is 9.96. The predicted molar refractivity (Wildman–Crippen MR) is 103 cm³/mol. The first kappa shape index (κ1) is 21.4. The highest BCUT2D eigenvalue weighted by atomic mass is 19.1. The number of phenols is 1. The molecule has 30 heavy (non-hydrogen) atoms. The van der Waals surface area contributed by atoms with Gasteiger partial charge in [0.25, 0.3) is 5.91 Å². The van der Waals surface area contributed by atoms with Crippen molar-refractivity contribution in [3.05, 3.63) is 64.6 Å². The van der Waals surface area contributed by atoms with Crippen LogP contribution in [0.1, 0.15) is 34.5 Å². The molecule has 0 spiro atoms. The highest BCUT2D eigenvalue weighted by molar-refractivity contribution is 6.05. The number of amides is 1. The molecule has 1 heterocycles. The molecule has 1 aromatic heterocycles. The second-order valence-corrected chi connectivity index (χ2v) is 6.80. The van der Waals surface area contributed by atoms with Crippen LogP contribution in [0.3, 0.4) is 0 Å². The van der Waals surface area contributed by atoms with Gasteiger partial charge in [-0.25, -0.2) is 13.2 Å². The maximum absolute atomic E-state index is 14.9. The molecule has 0 saturated heterocycles. The zero-order chi connectivity index (χ0) is 22.2. The van der Waals surface area contributed by atoms with Gasteiger partial charge in [0, 0.05) is 29.3 Å².